The molecule has 0 saturated carbocycles. The fourth-order valence-electron chi connectivity index (χ4n) is 2.51. The van der Waals surface area contributed by atoms with Gasteiger partial charge in [0, 0.05) is 22.8 Å². The summed E-state index contributed by atoms with van der Waals surface area (Å²) >= 11 is 5.82. The smallest absolute Gasteiger partial charge is 0.255 e. The Balaban J connectivity index is 1.72. The molecule has 112 valence electrons. The standard InChI is InChI=1S/C17H15ClN2O2/c1-11(16(21)19-14-8-6-13(18)7-9-14)20-10-12-4-2-3-5-15(12)17(20)22/h2-9,11H,10H2,1H3,(H,19,21)/t11-/m1/s1. The quantitative estimate of drug-likeness (QED) is 0.944. The van der Waals surface area contributed by atoms with Crippen LogP contribution in [0.5, 0.6) is 0 Å². The molecule has 2 amide bonds. The van der Waals surface area contributed by atoms with Crippen molar-refractivity contribution in [3.05, 3.63) is 64.7 Å². The molecule has 0 aliphatic carbocycles. The zero-order valence-corrected chi connectivity index (χ0v) is 12.8. The van der Waals surface area contributed by atoms with Gasteiger partial charge in [0.1, 0.15) is 6.04 Å². The van der Waals surface area contributed by atoms with E-state index in [-0.39, 0.29) is 11.8 Å². The molecule has 5 heteroatoms. The van der Waals surface area contributed by atoms with E-state index in [9.17, 15) is 9.59 Å². The van der Waals surface area contributed by atoms with E-state index in [2.05, 4.69) is 5.32 Å². The van der Waals surface area contributed by atoms with Crippen LogP contribution in [0.1, 0.15) is 22.8 Å². The third-order valence-corrected chi connectivity index (χ3v) is 4.06. The number of amides is 2. The first-order chi connectivity index (χ1) is 10.6. The number of carbonyl (C=O) groups is 2. The molecule has 0 spiro atoms. The molecule has 0 bridgehead atoms. The Bertz CT molecular complexity index is 728. The van der Waals surface area contributed by atoms with Crippen molar-refractivity contribution in [1.29, 1.82) is 0 Å². The average molecular weight is 315 g/mol. The van der Waals surface area contributed by atoms with Gasteiger partial charge in [-0.05, 0) is 42.8 Å². The van der Waals surface area contributed by atoms with Gasteiger partial charge in [-0.1, -0.05) is 29.8 Å². The molecule has 3 rings (SSSR count). The van der Waals surface area contributed by atoms with Crippen molar-refractivity contribution in [2.24, 2.45) is 0 Å². The lowest BCUT2D eigenvalue weighted by molar-refractivity contribution is -0.120. The van der Waals surface area contributed by atoms with Crippen LogP contribution in [-0.2, 0) is 11.3 Å². The van der Waals surface area contributed by atoms with Gasteiger partial charge in [-0.15, -0.1) is 0 Å². The summed E-state index contributed by atoms with van der Waals surface area (Å²) in [5, 5.41) is 3.41. The Morgan fingerprint density at radius 2 is 1.86 bits per heavy atom. The first-order valence-electron chi connectivity index (χ1n) is 7.01. The van der Waals surface area contributed by atoms with Gasteiger partial charge in [-0.2, -0.15) is 0 Å². The van der Waals surface area contributed by atoms with E-state index in [1.54, 1.807) is 42.2 Å². The molecule has 1 aliphatic rings. The summed E-state index contributed by atoms with van der Waals surface area (Å²) in [6, 6.07) is 13.8. The normalized spacial score (nSPS) is 14.6. The number of anilines is 1. The van der Waals surface area contributed by atoms with Gasteiger partial charge in [0.15, 0.2) is 0 Å². The predicted octanol–water partition coefficient (Wildman–Crippen LogP) is 3.32. The number of nitrogens with one attached hydrogen (secondary N) is 1. The lowest BCUT2D eigenvalue weighted by Crippen LogP contribution is -2.42. The van der Waals surface area contributed by atoms with Crippen molar-refractivity contribution < 1.29 is 9.59 Å². The first-order valence-corrected chi connectivity index (χ1v) is 7.39. The predicted molar refractivity (Wildman–Crippen MR) is 85.9 cm³/mol. The molecule has 0 saturated heterocycles. The highest BCUT2D eigenvalue weighted by atomic mass is 35.5. The lowest BCUT2D eigenvalue weighted by atomic mass is 10.1. The van der Waals surface area contributed by atoms with Crippen LogP contribution in [0.3, 0.4) is 0 Å². The Kier molecular flexibility index (Phi) is 3.86. The molecule has 0 aromatic heterocycles. The summed E-state index contributed by atoms with van der Waals surface area (Å²) < 4.78 is 0. The second-order valence-electron chi connectivity index (χ2n) is 5.26. The molecular formula is C17H15ClN2O2. The van der Waals surface area contributed by atoms with Crippen molar-refractivity contribution in [3.8, 4) is 0 Å². The molecule has 1 heterocycles. The topological polar surface area (TPSA) is 49.4 Å². The van der Waals surface area contributed by atoms with Crippen molar-refractivity contribution in [2.45, 2.75) is 19.5 Å². The molecule has 0 radical (unpaired) electrons. The number of rotatable bonds is 3. The molecule has 4 nitrogen and oxygen atoms in total. The van der Waals surface area contributed by atoms with Crippen molar-refractivity contribution in [1.82, 2.24) is 4.90 Å². The third-order valence-electron chi connectivity index (χ3n) is 3.81. The maximum atomic E-state index is 12.4. The number of hydrogen-bond acceptors (Lipinski definition) is 2. The molecule has 2 aromatic rings. The summed E-state index contributed by atoms with van der Waals surface area (Å²) in [6.45, 7) is 2.19. The van der Waals surface area contributed by atoms with E-state index >= 15 is 0 Å². The molecular weight excluding hydrogens is 300 g/mol. The Morgan fingerprint density at radius 1 is 1.18 bits per heavy atom. The maximum absolute atomic E-state index is 12.4. The molecule has 1 aliphatic heterocycles. The van der Waals surface area contributed by atoms with E-state index in [1.807, 2.05) is 18.2 Å². The summed E-state index contributed by atoms with van der Waals surface area (Å²) in [4.78, 5) is 26.3. The summed E-state index contributed by atoms with van der Waals surface area (Å²) in [7, 11) is 0. The fraction of sp³-hybridized carbons (Fsp3) is 0.176. The zero-order valence-electron chi connectivity index (χ0n) is 12.0. The molecule has 1 N–H and O–H groups in total. The van der Waals surface area contributed by atoms with Crippen LogP contribution < -0.4 is 5.32 Å². The molecule has 0 unspecified atom stereocenters. The number of fused-ring (bicyclic) bond motifs is 1. The average Bonchev–Trinajstić information content (AvgIpc) is 2.86. The van der Waals surface area contributed by atoms with Gasteiger partial charge in [0.25, 0.3) is 5.91 Å². The van der Waals surface area contributed by atoms with E-state index < -0.39 is 6.04 Å². The second-order valence-corrected chi connectivity index (χ2v) is 5.70. The minimum atomic E-state index is -0.546. The lowest BCUT2D eigenvalue weighted by Gasteiger charge is -2.23. The third kappa shape index (κ3) is 2.70. The largest absolute Gasteiger partial charge is 0.324 e. The summed E-state index contributed by atoms with van der Waals surface area (Å²) in [5.41, 5.74) is 2.29. The van der Waals surface area contributed by atoms with Crippen LogP contribution >= 0.6 is 11.6 Å². The Hall–Kier alpha value is -2.33. The van der Waals surface area contributed by atoms with Gasteiger partial charge < -0.3 is 10.2 Å². The minimum Gasteiger partial charge on any atom is -0.324 e. The summed E-state index contributed by atoms with van der Waals surface area (Å²) in [6.07, 6.45) is 0. The van der Waals surface area contributed by atoms with Crippen LogP contribution in [0.4, 0.5) is 5.69 Å². The number of carbonyl (C=O) groups excluding carboxylic acids is 2. The Labute approximate surface area is 133 Å². The molecule has 22 heavy (non-hydrogen) atoms. The van der Waals surface area contributed by atoms with Crippen LogP contribution in [-0.4, -0.2) is 22.8 Å². The van der Waals surface area contributed by atoms with Crippen LogP contribution in [0, 0.1) is 0 Å². The highest BCUT2D eigenvalue weighted by molar-refractivity contribution is 6.30. The zero-order chi connectivity index (χ0) is 15.7. The highest BCUT2D eigenvalue weighted by Gasteiger charge is 2.33. The van der Waals surface area contributed by atoms with Gasteiger partial charge in [0.2, 0.25) is 5.91 Å². The van der Waals surface area contributed by atoms with Crippen LogP contribution in [0.2, 0.25) is 5.02 Å². The number of hydrogen-bond donors (Lipinski definition) is 1. The molecule has 2 aromatic carbocycles. The number of halogens is 1. The maximum Gasteiger partial charge on any atom is 0.255 e. The van der Waals surface area contributed by atoms with Crippen LogP contribution in [0.15, 0.2) is 48.5 Å². The number of nitrogens with zero attached hydrogens (tertiary/aromatic N) is 1. The minimum absolute atomic E-state index is 0.102. The fourth-order valence-corrected chi connectivity index (χ4v) is 2.64. The van der Waals surface area contributed by atoms with Gasteiger partial charge in [-0.3, -0.25) is 9.59 Å². The van der Waals surface area contributed by atoms with E-state index in [1.165, 1.54) is 0 Å². The SMILES string of the molecule is C[C@H](C(=O)Nc1ccc(Cl)cc1)N1Cc2ccccc2C1=O. The monoisotopic (exact) mass is 314 g/mol. The van der Waals surface area contributed by atoms with Crippen LogP contribution in [0.25, 0.3) is 0 Å². The van der Waals surface area contributed by atoms with Crippen molar-refractivity contribution in [3.63, 3.8) is 0 Å². The molecule has 0 fully saturated rings. The van der Waals surface area contributed by atoms with E-state index in [4.69, 9.17) is 11.6 Å². The first kappa shape index (κ1) is 14.6. The highest BCUT2D eigenvalue weighted by Crippen LogP contribution is 2.24. The van der Waals surface area contributed by atoms with Gasteiger partial charge >= 0.3 is 0 Å². The Morgan fingerprint density at radius 3 is 2.55 bits per heavy atom. The van der Waals surface area contributed by atoms with Crippen molar-refractivity contribution in [2.75, 3.05) is 5.32 Å². The van der Waals surface area contributed by atoms with Gasteiger partial charge in [0.05, 0.1) is 0 Å². The summed E-state index contributed by atoms with van der Waals surface area (Å²) in [5.74, 6) is -0.321. The van der Waals surface area contributed by atoms with E-state index in [0.29, 0.717) is 22.8 Å². The number of benzene rings is 2. The van der Waals surface area contributed by atoms with Gasteiger partial charge in [-0.25, -0.2) is 0 Å². The second kappa shape index (κ2) is 5.81. The van der Waals surface area contributed by atoms with E-state index in [0.717, 1.165) is 5.56 Å². The molecule has 1 atom stereocenters. The van der Waals surface area contributed by atoms with Crippen molar-refractivity contribution >= 4 is 29.1 Å².